The van der Waals surface area contributed by atoms with Crippen molar-refractivity contribution in [2.45, 2.75) is 71.6 Å². The lowest BCUT2D eigenvalue weighted by atomic mass is 9.75. The molecule has 0 spiro atoms. The molecule has 0 bridgehead atoms. The highest BCUT2D eigenvalue weighted by Gasteiger charge is 2.33. The number of hydrogen-bond donors (Lipinski definition) is 1. The van der Waals surface area contributed by atoms with Gasteiger partial charge in [-0.25, -0.2) is 0 Å². The zero-order valence-electron chi connectivity index (χ0n) is 13.9. The molecule has 1 unspecified atom stereocenters. The third kappa shape index (κ3) is 4.73. The molecule has 2 aliphatic rings. The molecule has 2 rings (SSSR count). The van der Waals surface area contributed by atoms with E-state index in [1.807, 2.05) is 0 Å². The molecule has 2 nitrogen and oxygen atoms in total. The Kier molecular flexibility index (Phi) is 6.83. The van der Waals surface area contributed by atoms with Gasteiger partial charge in [-0.1, -0.05) is 33.1 Å². The highest BCUT2D eigenvalue weighted by atomic mass is 15.1. The molecule has 2 heteroatoms. The van der Waals surface area contributed by atoms with Gasteiger partial charge in [0.1, 0.15) is 0 Å². The lowest BCUT2D eigenvalue weighted by molar-refractivity contribution is 0.102. The highest BCUT2D eigenvalue weighted by Crippen LogP contribution is 2.36. The fourth-order valence-electron chi connectivity index (χ4n) is 4.53. The van der Waals surface area contributed by atoms with Gasteiger partial charge in [-0.05, 0) is 76.0 Å². The molecule has 0 aliphatic carbocycles. The maximum absolute atomic E-state index is 3.55. The Bertz CT molecular complexity index is 253. The second kappa shape index (κ2) is 8.38. The summed E-state index contributed by atoms with van der Waals surface area (Å²) in [5.41, 5.74) is 0.630. The van der Waals surface area contributed by atoms with Gasteiger partial charge in [0.2, 0.25) is 0 Å². The average Bonchev–Trinajstić information content (AvgIpc) is 2.66. The molecule has 2 aliphatic heterocycles. The lowest BCUT2D eigenvalue weighted by Crippen LogP contribution is -2.45. The Hall–Kier alpha value is -0.0800. The van der Waals surface area contributed by atoms with Crippen LogP contribution in [0.2, 0.25) is 0 Å². The van der Waals surface area contributed by atoms with E-state index in [1.54, 1.807) is 0 Å². The SMILES string of the molecule is CCCC1CCCN(CC2(CCC)CCNCC2)CC1. The molecule has 2 heterocycles. The van der Waals surface area contributed by atoms with Gasteiger partial charge in [0, 0.05) is 6.54 Å². The Morgan fingerprint density at radius 2 is 1.85 bits per heavy atom. The second-order valence-electron chi connectivity index (χ2n) is 7.36. The molecule has 0 radical (unpaired) electrons. The molecule has 0 aromatic heterocycles. The van der Waals surface area contributed by atoms with Crippen molar-refractivity contribution in [3.05, 3.63) is 0 Å². The zero-order valence-corrected chi connectivity index (χ0v) is 13.9. The molecule has 1 atom stereocenters. The number of nitrogens with zero attached hydrogens (tertiary/aromatic N) is 1. The highest BCUT2D eigenvalue weighted by molar-refractivity contribution is 4.88. The van der Waals surface area contributed by atoms with Crippen molar-refractivity contribution >= 4 is 0 Å². The molecule has 20 heavy (non-hydrogen) atoms. The fourth-order valence-corrected chi connectivity index (χ4v) is 4.53. The summed E-state index contributed by atoms with van der Waals surface area (Å²) in [5.74, 6) is 1.01. The van der Waals surface area contributed by atoms with Crippen LogP contribution in [-0.4, -0.2) is 37.6 Å². The third-order valence-electron chi connectivity index (χ3n) is 5.64. The molecular weight excluding hydrogens is 244 g/mol. The van der Waals surface area contributed by atoms with Gasteiger partial charge in [-0.2, -0.15) is 0 Å². The average molecular weight is 280 g/mol. The Labute approximate surface area is 126 Å². The van der Waals surface area contributed by atoms with Crippen molar-refractivity contribution in [2.75, 3.05) is 32.7 Å². The fraction of sp³-hybridized carbons (Fsp3) is 1.00. The summed E-state index contributed by atoms with van der Waals surface area (Å²) in [7, 11) is 0. The van der Waals surface area contributed by atoms with Crippen LogP contribution >= 0.6 is 0 Å². The van der Waals surface area contributed by atoms with Gasteiger partial charge in [0.05, 0.1) is 0 Å². The molecule has 118 valence electrons. The summed E-state index contributed by atoms with van der Waals surface area (Å²) in [6.45, 7) is 11.3. The summed E-state index contributed by atoms with van der Waals surface area (Å²) in [6.07, 6.45) is 12.8. The van der Waals surface area contributed by atoms with E-state index in [0.29, 0.717) is 5.41 Å². The number of likely N-dealkylation sites (tertiary alicyclic amines) is 1. The summed E-state index contributed by atoms with van der Waals surface area (Å²) in [4.78, 5) is 2.82. The predicted molar refractivity (Wildman–Crippen MR) is 88.1 cm³/mol. The van der Waals surface area contributed by atoms with E-state index in [1.165, 1.54) is 90.5 Å². The maximum Gasteiger partial charge on any atom is 0.00389 e. The van der Waals surface area contributed by atoms with Crippen LogP contribution in [0, 0.1) is 11.3 Å². The minimum absolute atomic E-state index is 0.630. The summed E-state index contributed by atoms with van der Waals surface area (Å²) < 4.78 is 0. The van der Waals surface area contributed by atoms with E-state index in [0.717, 1.165) is 5.92 Å². The van der Waals surface area contributed by atoms with Crippen molar-refractivity contribution in [3.63, 3.8) is 0 Å². The molecule has 0 amide bonds. The van der Waals surface area contributed by atoms with Crippen molar-refractivity contribution in [2.24, 2.45) is 11.3 Å². The summed E-state index contributed by atoms with van der Waals surface area (Å²) >= 11 is 0. The van der Waals surface area contributed by atoms with Crippen LogP contribution in [0.3, 0.4) is 0 Å². The molecule has 0 saturated carbocycles. The molecule has 1 N–H and O–H groups in total. The van der Waals surface area contributed by atoms with Crippen LogP contribution in [0.5, 0.6) is 0 Å². The third-order valence-corrected chi connectivity index (χ3v) is 5.64. The predicted octanol–water partition coefficient (Wildman–Crippen LogP) is 4.06. The van der Waals surface area contributed by atoms with Gasteiger partial charge in [-0.15, -0.1) is 0 Å². The summed E-state index contributed by atoms with van der Waals surface area (Å²) in [6, 6.07) is 0. The number of hydrogen-bond acceptors (Lipinski definition) is 2. The van der Waals surface area contributed by atoms with E-state index >= 15 is 0 Å². The van der Waals surface area contributed by atoms with Gasteiger partial charge >= 0.3 is 0 Å². The van der Waals surface area contributed by atoms with Gasteiger partial charge in [0.25, 0.3) is 0 Å². The van der Waals surface area contributed by atoms with E-state index in [9.17, 15) is 0 Å². The second-order valence-corrected chi connectivity index (χ2v) is 7.36. The lowest BCUT2D eigenvalue weighted by Gasteiger charge is -2.41. The Morgan fingerprint density at radius 1 is 1.05 bits per heavy atom. The molecule has 0 aromatic carbocycles. The van der Waals surface area contributed by atoms with Crippen LogP contribution in [-0.2, 0) is 0 Å². The number of rotatable bonds is 6. The van der Waals surface area contributed by atoms with Gasteiger partial charge < -0.3 is 10.2 Å². The molecule has 2 fully saturated rings. The maximum atomic E-state index is 3.55. The van der Waals surface area contributed by atoms with Crippen LogP contribution in [0.4, 0.5) is 0 Å². The van der Waals surface area contributed by atoms with Gasteiger partial charge in [0.15, 0.2) is 0 Å². The minimum Gasteiger partial charge on any atom is -0.317 e. The zero-order chi connectivity index (χ0) is 14.3. The topological polar surface area (TPSA) is 15.3 Å². The first-order valence-electron chi connectivity index (χ1n) is 9.21. The normalized spacial score (nSPS) is 28.2. The smallest absolute Gasteiger partial charge is 0.00389 e. The van der Waals surface area contributed by atoms with Crippen molar-refractivity contribution < 1.29 is 0 Å². The monoisotopic (exact) mass is 280 g/mol. The van der Waals surface area contributed by atoms with Crippen LogP contribution in [0.25, 0.3) is 0 Å². The van der Waals surface area contributed by atoms with Crippen LogP contribution in [0.15, 0.2) is 0 Å². The van der Waals surface area contributed by atoms with Crippen LogP contribution < -0.4 is 5.32 Å². The van der Waals surface area contributed by atoms with E-state index in [-0.39, 0.29) is 0 Å². The van der Waals surface area contributed by atoms with Gasteiger partial charge in [-0.3, -0.25) is 0 Å². The van der Waals surface area contributed by atoms with Crippen LogP contribution in [0.1, 0.15) is 71.6 Å². The van der Waals surface area contributed by atoms with Crippen molar-refractivity contribution in [3.8, 4) is 0 Å². The molecule has 2 saturated heterocycles. The molecular formula is C18H36N2. The quantitative estimate of drug-likeness (QED) is 0.789. The molecule has 0 aromatic rings. The number of nitrogens with one attached hydrogen (secondary N) is 1. The Morgan fingerprint density at radius 3 is 2.55 bits per heavy atom. The minimum atomic E-state index is 0.630. The first-order chi connectivity index (χ1) is 9.78. The van der Waals surface area contributed by atoms with E-state index in [4.69, 9.17) is 0 Å². The first-order valence-corrected chi connectivity index (χ1v) is 9.21. The van der Waals surface area contributed by atoms with Crippen molar-refractivity contribution in [1.82, 2.24) is 10.2 Å². The van der Waals surface area contributed by atoms with Crippen molar-refractivity contribution in [1.29, 1.82) is 0 Å². The standard InChI is InChI=1S/C18H36N2/c1-3-6-17-7-5-14-20(15-8-17)16-18(9-4-2)10-12-19-13-11-18/h17,19H,3-16H2,1-2H3. The number of piperidine rings is 1. The van der Waals surface area contributed by atoms with E-state index < -0.39 is 0 Å². The Balaban J connectivity index is 1.86. The summed E-state index contributed by atoms with van der Waals surface area (Å²) in [5, 5.41) is 3.55. The first kappa shape index (κ1) is 16.3. The largest absolute Gasteiger partial charge is 0.317 e. The van der Waals surface area contributed by atoms with E-state index in [2.05, 4.69) is 24.1 Å².